The van der Waals surface area contributed by atoms with E-state index < -0.39 is 0 Å². The second-order valence-electron chi connectivity index (χ2n) is 6.56. The third kappa shape index (κ3) is 5.43. The van der Waals surface area contributed by atoms with Gasteiger partial charge >= 0.3 is 0 Å². The van der Waals surface area contributed by atoms with E-state index in [1.807, 2.05) is 0 Å². The summed E-state index contributed by atoms with van der Waals surface area (Å²) in [6, 6.07) is 0.551. The standard InChI is InChI=1S/C17H35NO/c1-6-9-18-17(16(7-2)19-8-3)15-11-13(4)10-14(5)12-15/h13-18H,6-12H2,1-5H3. The predicted octanol–water partition coefficient (Wildman–Crippen LogP) is 4.24. The molecule has 1 aliphatic rings. The summed E-state index contributed by atoms with van der Waals surface area (Å²) in [7, 11) is 0. The maximum absolute atomic E-state index is 6.01. The predicted molar refractivity (Wildman–Crippen MR) is 83.5 cm³/mol. The molecule has 0 heterocycles. The smallest absolute Gasteiger partial charge is 0.0727 e. The van der Waals surface area contributed by atoms with Gasteiger partial charge in [0.1, 0.15) is 0 Å². The molecule has 114 valence electrons. The number of hydrogen-bond acceptors (Lipinski definition) is 2. The minimum absolute atomic E-state index is 0.388. The highest BCUT2D eigenvalue weighted by Gasteiger charge is 2.33. The van der Waals surface area contributed by atoms with Gasteiger partial charge in [0, 0.05) is 12.6 Å². The molecular weight excluding hydrogens is 234 g/mol. The van der Waals surface area contributed by atoms with Crippen LogP contribution < -0.4 is 5.32 Å². The van der Waals surface area contributed by atoms with Gasteiger partial charge in [0.05, 0.1) is 6.10 Å². The Bertz CT molecular complexity index is 221. The van der Waals surface area contributed by atoms with E-state index in [2.05, 4.69) is 39.9 Å². The highest BCUT2D eigenvalue weighted by atomic mass is 16.5. The van der Waals surface area contributed by atoms with Crippen molar-refractivity contribution in [3.05, 3.63) is 0 Å². The molecule has 1 aliphatic carbocycles. The minimum Gasteiger partial charge on any atom is -0.377 e. The van der Waals surface area contributed by atoms with Crippen molar-refractivity contribution in [2.45, 2.75) is 78.9 Å². The molecule has 4 atom stereocenters. The van der Waals surface area contributed by atoms with Crippen LogP contribution >= 0.6 is 0 Å². The summed E-state index contributed by atoms with van der Waals surface area (Å²) >= 11 is 0. The molecule has 19 heavy (non-hydrogen) atoms. The average Bonchev–Trinajstić information content (AvgIpc) is 2.36. The molecule has 1 fully saturated rings. The van der Waals surface area contributed by atoms with Gasteiger partial charge in [-0.1, -0.05) is 27.7 Å². The fourth-order valence-corrected chi connectivity index (χ4v) is 3.90. The number of rotatable bonds is 8. The van der Waals surface area contributed by atoms with Gasteiger partial charge in [0.2, 0.25) is 0 Å². The molecule has 0 saturated heterocycles. The Balaban J connectivity index is 2.70. The fraction of sp³-hybridized carbons (Fsp3) is 1.00. The number of hydrogen-bond donors (Lipinski definition) is 1. The van der Waals surface area contributed by atoms with Gasteiger partial charge in [-0.2, -0.15) is 0 Å². The van der Waals surface area contributed by atoms with Crippen molar-refractivity contribution in [3.8, 4) is 0 Å². The van der Waals surface area contributed by atoms with E-state index in [4.69, 9.17) is 4.74 Å². The zero-order valence-corrected chi connectivity index (χ0v) is 13.7. The third-order valence-corrected chi connectivity index (χ3v) is 4.54. The molecule has 4 unspecified atom stereocenters. The van der Waals surface area contributed by atoms with Crippen molar-refractivity contribution in [2.75, 3.05) is 13.2 Å². The highest BCUT2D eigenvalue weighted by Crippen LogP contribution is 2.36. The maximum atomic E-state index is 6.01. The molecule has 1 saturated carbocycles. The Labute approximate surface area is 120 Å². The molecule has 0 radical (unpaired) electrons. The van der Waals surface area contributed by atoms with Gasteiger partial charge in [-0.15, -0.1) is 0 Å². The van der Waals surface area contributed by atoms with E-state index in [0.717, 1.165) is 37.3 Å². The zero-order valence-electron chi connectivity index (χ0n) is 13.7. The molecule has 0 aromatic rings. The first-order valence-corrected chi connectivity index (χ1v) is 8.47. The molecule has 0 spiro atoms. The lowest BCUT2D eigenvalue weighted by Crippen LogP contribution is -2.48. The van der Waals surface area contributed by atoms with Crippen molar-refractivity contribution in [3.63, 3.8) is 0 Å². The van der Waals surface area contributed by atoms with Gasteiger partial charge in [0.25, 0.3) is 0 Å². The maximum Gasteiger partial charge on any atom is 0.0727 e. The van der Waals surface area contributed by atoms with Crippen molar-refractivity contribution in [2.24, 2.45) is 17.8 Å². The molecule has 0 bridgehead atoms. The second kappa shape index (κ2) is 8.97. The van der Waals surface area contributed by atoms with Crippen LogP contribution in [-0.4, -0.2) is 25.3 Å². The second-order valence-corrected chi connectivity index (χ2v) is 6.56. The summed E-state index contributed by atoms with van der Waals surface area (Å²) in [5.74, 6) is 2.54. The van der Waals surface area contributed by atoms with Crippen LogP contribution in [0.1, 0.15) is 66.7 Å². The summed E-state index contributed by atoms with van der Waals surface area (Å²) < 4.78 is 6.01. The molecule has 0 aromatic heterocycles. The third-order valence-electron chi connectivity index (χ3n) is 4.54. The Morgan fingerprint density at radius 2 is 1.68 bits per heavy atom. The van der Waals surface area contributed by atoms with E-state index in [-0.39, 0.29) is 0 Å². The first kappa shape index (κ1) is 17.0. The van der Waals surface area contributed by atoms with Crippen LogP contribution in [0.4, 0.5) is 0 Å². The van der Waals surface area contributed by atoms with Crippen LogP contribution in [0.2, 0.25) is 0 Å². The Morgan fingerprint density at radius 3 is 2.16 bits per heavy atom. The Morgan fingerprint density at radius 1 is 1.05 bits per heavy atom. The highest BCUT2D eigenvalue weighted by molar-refractivity contribution is 4.88. The van der Waals surface area contributed by atoms with Crippen LogP contribution in [0.25, 0.3) is 0 Å². The van der Waals surface area contributed by atoms with Crippen molar-refractivity contribution >= 4 is 0 Å². The van der Waals surface area contributed by atoms with Crippen molar-refractivity contribution in [1.82, 2.24) is 5.32 Å². The van der Waals surface area contributed by atoms with Gasteiger partial charge < -0.3 is 10.1 Å². The lowest BCUT2D eigenvalue weighted by Gasteiger charge is -2.40. The van der Waals surface area contributed by atoms with E-state index >= 15 is 0 Å². The summed E-state index contributed by atoms with van der Waals surface area (Å²) in [5.41, 5.74) is 0. The summed E-state index contributed by atoms with van der Waals surface area (Å²) in [4.78, 5) is 0. The molecule has 0 aromatic carbocycles. The lowest BCUT2D eigenvalue weighted by molar-refractivity contribution is 0.00162. The van der Waals surface area contributed by atoms with Crippen molar-refractivity contribution in [1.29, 1.82) is 0 Å². The van der Waals surface area contributed by atoms with Crippen molar-refractivity contribution < 1.29 is 4.74 Å². The van der Waals surface area contributed by atoms with Crippen LogP contribution in [0.15, 0.2) is 0 Å². The molecule has 0 amide bonds. The summed E-state index contributed by atoms with van der Waals surface area (Å²) in [5, 5.41) is 3.79. The van der Waals surface area contributed by atoms with E-state index in [0.29, 0.717) is 12.1 Å². The van der Waals surface area contributed by atoms with Gasteiger partial charge in [-0.05, 0) is 63.3 Å². The van der Waals surface area contributed by atoms with Crippen LogP contribution in [0.5, 0.6) is 0 Å². The molecular formula is C17H35NO. The quantitative estimate of drug-likeness (QED) is 0.711. The topological polar surface area (TPSA) is 21.3 Å². The van der Waals surface area contributed by atoms with Gasteiger partial charge in [-0.25, -0.2) is 0 Å². The van der Waals surface area contributed by atoms with Gasteiger partial charge in [-0.3, -0.25) is 0 Å². The Hall–Kier alpha value is -0.0800. The molecule has 1 N–H and O–H groups in total. The summed E-state index contributed by atoms with van der Waals surface area (Å²) in [6.07, 6.45) is 6.86. The minimum atomic E-state index is 0.388. The van der Waals surface area contributed by atoms with E-state index in [1.165, 1.54) is 25.7 Å². The van der Waals surface area contributed by atoms with Gasteiger partial charge in [0.15, 0.2) is 0 Å². The number of nitrogens with one attached hydrogen (secondary N) is 1. The lowest BCUT2D eigenvalue weighted by atomic mass is 9.72. The first-order valence-electron chi connectivity index (χ1n) is 8.47. The normalized spacial score (nSPS) is 31.1. The molecule has 2 nitrogen and oxygen atoms in total. The fourth-order valence-electron chi connectivity index (χ4n) is 3.90. The molecule has 1 rings (SSSR count). The molecule has 2 heteroatoms. The average molecular weight is 269 g/mol. The van der Waals surface area contributed by atoms with Crippen LogP contribution in [0.3, 0.4) is 0 Å². The van der Waals surface area contributed by atoms with Crippen LogP contribution in [0, 0.1) is 17.8 Å². The summed E-state index contributed by atoms with van der Waals surface area (Å²) in [6.45, 7) is 13.4. The zero-order chi connectivity index (χ0) is 14.3. The van der Waals surface area contributed by atoms with E-state index in [1.54, 1.807) is 0 Å². The number of ether oxygens (including phenoxy) is 1. The first-order chi connectivity index (χ1) is 9.12. The molecule has 0 aliphatic heterocycles. The van der Waals surface area contributed by atoms with E-state index in [9.17, 15) is 0 Å². The monoisotopic (exact) mass is 269 g/mol. The van der Waals surface area contributed by atoms with Crippen LogP contribution in [-0.2, 0) is 4.74 Å². The SMILES string of the molecule is CCCNC(C1CC(C)CC(C)C1)C(CC)OCC. The largest absolute Gasteiger partial charge is 0.377 e. The Kier molecular flexibility index (Phi) is 8.01.